The molecule has 0 aromatic rings. The normalized spacial score (nSPS) is 19.9. The first-order valence-corrected chi connectivity index (χ1v) is 3.78. The van der Waals surface area contributed by atoms with E-state index in [1.165, 1.54) is 19.3 Å². The lowest BCUT2D eigenvalue weighted by Gasteiger charge is -2.26. The molecule has 0 aromatic carbocycles. The van der Waals surface area contributed by atoms with Gasteiger partial charge in [-0.15, -0.1) is 0 Å². The zero-order valence-electron chi connectivity index (χ0n) is 5.57. The predicted octanol–water partition coefficient (Wildman–Crippen LogP) is 2.18. The summed E-state index contributed by atoms with van der Waals surface area (Å²) in [6, 6.07) is 0. The first kappa shape index (κ1) is 6.94. The molecule has 0 atom stereocenters. The number of piperidine rings is 1. The minimum absolute atomic E-state index is 0.703. The lowest BCUT2D eigenvalue weighted by molar-refractivity contribution is 0.302. The van der Waals surface area contributed by atoms with Crippen molar-refractivity contribution in [1.82, 2.24) is 4.90 Å². The minimum atomic E-state index is 0.703. The molecular formula is C7H12ClN. The Morgan fingerprint density at radius 2 is 1.78 bits per heavy atom. The second kappa shape index (κ2) is 3.11. The number of hydrogen-bond donors (Lipinski definition) is 0. The molecular weight excluding hydrogens is 134 g/mol. The minimum Gasteiger partial charge on any atom is -0.363 e. The van der Waals surface area contributed by atoms with Gasteiger partial charge in [-0.3, -0.25) is 0 Å². The van der Waals surface area contributed by atoms with E-state index in [1.54, 1.807) is 0 Å². The lowest BCUT2D eigenvalue weighted by atomic mass is 10.1. The Morgan fingerprint density at radius 3 is 2.11 bits per heavy atom. The van der Waals surface area contributed by atoms with Gasteiger partial charge in [-0.25, -0.2) is 0 Å². The first-order chi connectivity index (χ1) is 4.30. The molecule has 0 saturated carbocycles. The van der Waals surface area contributed by atoms with Crippen LogP contribution < -0.4 is 0 Å². The molecule has 0 bridgehead atoms. The monoisotopic (exact) mass is 145 g/mol. The van der Waals surface area contributed by atoms with Crippen LogP contribution in [0.2, 0.25) is 0 Å². The van der Waals surface area contributed by atoms with E-state index in [0.717, 1.165) is 13.1 Å². The average molecular weight is 146 g/mol. The van der Waals surface area contributed by atoms with Crippen LogP contribution in [0.25, 0.3) is 0 Å². The maximum Gasteiger partial charge on any atom is 0.0970 e. The van der Waals surface area contributed by atoms with Crippen LogP contribution >= 0.6 is 11.6 Å². The van der Waals surface area contributed by atoms with E-state index in [1.807, 2.05) is 0 Å². The van der Waals surface area contributed by atoms with Crippen molar-refractivity contribution in [3.63, 3.8) is 0 Å². The second-order valence-corrected chi connectivity index (χ2v) is 2.86. The van der Waals surface area contributed by atoms with Gasteiger partial charge in [0, 0.05) is 13.1 Å². The van der Waals surface area contributed by atoms with Crippen molar-refractivity contribution in [1.29, 1.82) is 0 Å². The highest BCUT2D eigenvalue weighted by Crippen LogP contribution is 2.14. The molecule has 0 unspecified atom stereocenters. The molecule has 0 amide bonds. The molecule has 2 heteroatoms. The molecule has 0 radical (unpaired) electrons. The van der Waals surface area contributed by atoms with Crippen molar-refractivity contribution < 1.29 is 0 Å². The van der Waals surface area contributed by atoms with Crippen molar-refractivity contribution in [3.8, 4) is 0 Å². The van der Waals surface area contributed by atoms with Gasteiger partial charge in [0.05, 0.1) is 5.16 Å². The summed E-state index contributed by atoms with van der Waals surface area (Å²) < 4.78 is 0. The number of rotatable bonds is 1. The van der Waals surface area contributed by atoms with Crippen molar-refractivity contribution in [3.05, 3.63) is 11.7 Å². The zero-order valence-corrected chi connectivity index (χ0v) is 6.32. The Balaban J connectivity index is 2.31. The van der Waals surface area contributed by atoms with E-state index in [2.05, 4.69) is 11.5 Å². The molecule has 0 aromatic heterocycles. The third-order valence-corrected chi connectivity index (χ3v) is 1.94. The van der Waals surface area contributed by atoms with Gasteiger partial charge in [0.25, 0.3) is 0 Å². The van der Waals surface area contributed by atoms with E-state index >= 15 is 0 Å². The summed E-state index contributed by atoms with van der Waals surface area (Å²) in [6.45, 7) is 5.87. The van der Waals surface area contributed by atoms with Crippen LogP contribution in [0.3, 0.4) is 0 Å². The largest absolute Gasteiger partial charge is 0.363 e. The van der Waals surface area contributed by atoms with Crippen molar-refractivity contribution >= 4 is 11.6 Å². The molecule has 0 N–H and O–H groups in total. The van der Waals surface area contributed by atoms with Crippen LogP contribution in [0, 0.1) is 0 Å². The summed E-state index contributed by atoms with van der Waals surface area (Å²) >= 11 is 5.69. The molecule has 1 aliphatic rings. The summed E-state index contributed by atoms with van der Waals surface area (Å²) in [6.07, 6.45) is 3.89. The number of halogens is 1. The quantitative estimate of drug-likeness (QED) is 0.512. The Morgan fingerprint density at radius 1 is 1.22 bits per heavy atom. The number of likely N-dealkylation sites (tertiary alicyclic amines) is 1. The smallest absolute Gasteiger partial charge is 0.0970 e. The van der Waals surface area contributed by atoms with Gasteiger partial charge in [-0.2, -0.15) is 0 Å². The fourth-order valence-corrected chi connectivity index (χ4v) is 1.31. The lowest BCUT2D eigenvalue weighted by Crippen LogP contribution is -2.26. The average Bonchev–Trinajstić information content (AvgIpc) is 1.90. The van der Waals surface area contributed by atoms with Crippen molar-refractivity contribution in [2.75, 3.05) is 13.1 Å². The Labute approximate surface area is 61.3 Å². The Kier molecular flexibility index (Phi) is 2.40. The topological polar surface area (TPSA) is 3.24 Å². The highest BCUT2D eigenvalue weighted by Gasteiger charge is 2.08. The molecule has 52 valence electrons. The van der Waals surface area contributed by atoms with Crippen LogP contribution in [-0.2, 0) is 0 Å². The van der Waals surface area contributed by atoms with E-state index < -0.39 is 0 Å². The van der Waals surface area contributed by atoms with Gasteiger partial charge in [0.15, 0.2) is 0 Å². The fraction of sp³-hybridized carbons (Fsp3) is 0.714. The fourth-order valence-electron chi connectivity index (χ4n) is 1.14. The standard InChI is InChI=1S/C7H12ClN/c1-7(8)9-5-3-2-4-6-9/h1-6H2. The maximum atomic E-state index is 5.69. The molecule has 1 heterocycles. The number of hydrogen-bond acceptors (Lipinski definition) is 1. The third kappa shape index (κ3) is 1.90. The molecule has 0 spiro atoms. The van der Waals surface area contributed by atoms with Crippen LogP contribution in [0.5, 0.6) is 0 Å². The van der Waals surface area contributed by atoms with Gasteiger partial charge < -0.3 is 4.90 Å². The van der Waals surface area contributed by atoms with Crippen LogP contribution in [0.15, 0.2) is 11.7 Å². The summed E-state index contributed by atoms with van der Waals surface area (Å²) in [5.74, 6) is 0. The summed E-state index contributed by atoms with van der Waals surface area (Å²) in [5, 5.41) is 0.703. The molecule has 9 heavy (non-hydrogen) atoms. The van der Waals surface area contributed by atoms with E-state index in [-0.39, 0.29) is 0 Å². The second-order valence-electron chi connectivity index (χ2n) is 2.42. The number of nitrogens with zero attached hydrogens (tertiary/aromatic N) is 1. The maximum absolute atomic E-state index is 5.69. The van der Waals surface area contributed by atoms with Gasteiger partial charge in [0.1, 0.15) is 0 Å². The summed E-state index contributed by atoms with van der Waals surface area (Å²) in [7, 11) is 0. The van der Waals surface area contributed by atoms with E-state index in [9.17, 15) is 0 Å². The van der Waals surface area contributed by atoms with E-state index in [0.29, 0.717) is 5.16 Å². The SMILES string of the molecule is C=C(Cl)N1CCCCC1. The summed E-state index contributed by atoms with van der Waals surface area (Å²) in [5.41, 5.74) is 0. The van der Waals surface area contributed by atoms with Crippen LogP contribution in [0.1, 0.15) is 19.3 Å². The molecule has 1 aliphatic heterocycles. The van der Waals surface area contributed by atoms with Gasteiger partial charge in [-0.1, -0.05) is 18.2 Å². The summed E-state index contributed by atoms with van der Waals surface area (Å²) in [4.78, 5) is 2.13. The molecule has 0 aliphatic carbocycles. The van der Waals surface area contributed by atoms with Crippen LogP contribution in [-0.4, -0.2) is 18.0 Å². The van der Waals surface area contributed by atoms with Gasteiger partial charge in [0.2, 0.25) is 0 Å². The Hall–Kier alpha value is -0.170. The molecule has 1 rings (SSSR count). The van der Waals surface area contributed by atoms with Crippen molar-refractivity contribution in [2.45, 2.75) is 19.3 Å². The predicted molar refractivity (Wildman–Crippen MR) is 40.4 cm³/mol. The van der Waals surface area contributed by atoms with Gasteiger partial charge in [-0.05, 0) is 19.3 Å². The highest BCUT2D eigenvalue weighted by atomic mass is 35.5. The molecule has 1 fully saturated rings. The van der Waals surface area contributed by atoms with E-state index in [4.69, 9.17) is 11.6 Å². The van der Waals surface area contributed by atoms with Gasteiger partial charge >= 0.3 is 0 Å². The zero-order chi connectivity index (χ0) is 6.69. The highest BCUT2D eigenvalue weighted by molar-refractivity contribution is 6.28. The van der Waals surface area contributed by atoms with Crippen LogP contribution in [0.4, 0.5) is 0 Å². The molecule has 1 nitrogen and oxygen atoms in total. The van der Waals surface area contributed by atoms with Crippen molar-refractivity contribution in [2.24, 2.45) is 0 Å². The first-order valence-electron chi connectivity index (χ1n) is 3.40. The Bertz CT molecular complexity index is 105. The molecule has 1 saturated heterocycles. The third-order valence-electron chi connectivity index (χ3n) is 1.70.